The van der Waals surface area contributed by atoms with E-state index in [2.05, 4.69) is 16.0 Å². The lowest BCUT2D eigenvalue weighted by Gasteiger charge is -2.36. The van der Waals surface area contributed by atoms with E-state index in [-0.39, 0.29) is 48.8 Å². The third-order valence-corrected chi connectivity index (χ3v) is 9.97. The number of hydrogen-bond acceptors (Lipinski definition) is 7. The smallest absolute Gasteiger partial charge is 0.249 e. The maximum atomic E-state index is 14.2. The van der Waals surface area contributed by atoms with Crippen LogP contribution in [-0.4, -0.2) is 78.3 Å². The van der Waals surface area contributed by atoms with Crippen molar-refractivity contribution in [1.29, 1.82) is 0 Å². The van der Waals surface area contributed by atoms with Crippen LogP contribution >= 0.6 is 0 Å². The maximum absolute atomic E-state index is 14.2. The van der Waals surface area contributed by atoms with E-state index < -0.39 is 23.7 Å². The summed E-state index contributed by atoms with van der Waals surface area (Å²) >= 11 is 0. The molecule has 2 heterocycles. The number of fused-ring (bicyclic) bond motifs is 5. The zero-order valence-electron chi connectivity index (χ0n) is 27.3. The number of carbonyl (C=O) groups is 3. The van der Waals surface area contributed by atoms with Crippen LogP contribution in [0.4, 0.5) is 0 Å². The number of benzene rings is 2. The molecule has 1 saturated heterocycles. The summed E-state index contributed by atoms with van der Waals surface area (Å²) in [5, 5.41) is 21.2. The standard InChI is InChI=1S/C36H48N4O6/c1-5-23(2)36(39-24(3)41)16-17-40(35(36)44)31-13-9-10-18-46-33-21-29(28-20-26(45-4)14-15-27(28)33)37-22-32(42)30(38-34(31)43)19-25-11-7-6-8-12-25/h6-12,14-15,20,23,29-33,37,42H,5,13,16-19,21-22H2,1-4H3,(H,38,43)(H,39,41)/t23?,29-,30-,31-,32+,33+,36-/m0/s1. The van der Waals surface area contributed by atoms with Crippen LogP contribution < -0.4 is 20.7 Å². The third kappa shape index (κ3) is 7.14. The minimum atomic E-state index is -1.06. The first-order chi connectivity index (χ1) is 22.2. The second-order valence-electron chi connectivity index (χ2n) is 12.8. The molecule has 2 aromatic carbocycles. The first-order valence-corrected chi connectivity index (χ1v) is 16.5. The molecular weight excluding hydrogens is 584 g/mol. The largest absolute Gasteiger partial charge is 0.497 e. The molecule has 46 heavy (non-hydrogen) atoms. The Balaban J connectivity index is 1.46. The Labute approximate surface area is 271 Å². The number of methoxy groups -OCH3 is 1. The van der Waals surface area contributed by atoms with Crippen molar-refractivity contribution in [3.05, 3.63) is 77.4 Å². The van der Waals surface area contributed by atoms with Gasteiger partial charge in [0.15, 0.2) is 0 Å². The van der Waals surface area contributed by atoms with Gasteiger partial charge in [-0.15, -0.1) is 0 Å². The van der Waals surface area contributed by atoms with Gasteiger partial charge in [0.1, 0.15) is 17.3 Å². The number of hydrogen-bond donors (Lipinski definition) is 4. The first-order valence-electron chi connectivity index (χ1n) is 16.5. The van der Waals surface area contributed by atoms with Crippen LogP contribution in [-0.2, 0) is 25.5 Å². The SMILES string of the molecule is CCC(C)[C@@]1(NC(C)=O)CCN([C@H]2CC=CCO[C@@H]3C[C@H](NC[C@@H](O)[C@H](Cc4ccccc4)NC2=O)c2cc(OC)ccc23)C1=O. The fourth-order valence-electron chi connectivity index (χ4n) is 7.19. The summed E-state index contributed by atoms with van der Waals surface area (Å²) in [6.45, 7) is 6.29. The highest BCUT2D eigenvalue weighted by atomic mass is 16.5. The van der Waals surface area contributed by atoms with E-state index in [0.717, 1.165) is 22.4 Å². The van der Waals surface area contributed by atoms with Gasteiger partial charge in [-0.25, -0.2) is 0 Å². The Bertz CT molecular complexity index is 1420. The fourth-order valence-corrected chi connectivity index (χ4v) is 7.19. The van der Waals surface area contributed by atoms with E-state index in [1.54, 1.807) is 12.0 Å². The van der Waals surface area contributed by atoms with E-state index in [9.17, 15) is 19.5 Å². The number of β-amino-alcohol motifs (C(OH)–C–C–N with tert-alkyl or cyclic N) is 1. The molecule has 1 aliphatic carbocycles. The van der Waals surface area contributed by atoms with Crippen molar-refractivity contribution in [3.8, 4) is 5.75 Å². The normalized spacial score (nSPS) is 29.3. The lowest BCUT2D eigenvalue weighted by molar-refractivity contribution is -0.144. The van der Waals surface area contributed by atoms with Gasteiger partial charge >= 0.3 is 0 Å². The first kappa shape index (κ1) is 33.6. The van der Waals surface area contributed by atoms with E-state index in [4.69, 9.17) is 9.47 Å². The molecule has 2 aliphatic heterocycles. The van der Waals surface area contributed by atoms with Gasteiger partial charge in [-0.1, -0.05) is 68.8 Å². The molecule has 4 N–H and O–H groups in total. The van der Waals surface area contributed by atoms with Gasteiger partial charge in [0, 0.05) is 26.1 Å². The molecule has 5 rings (SSSR count). The van der Waals surface area contributed by atoms with E-state index in [0.29, 0.717) is 38.8 Å². The zero-order valence-corrected chi connectivity index (χ0v) is 27.3. The molecular formula is C36H48N4O6. The number of nitrogens with zero attached hydrogens (tertiary/aromatic N) is 1. The average molecular weight is 633 g/mol. The van der Waals surface area contributed by atoms with Gasteiger partial charge in [0.2, 0.25) is 17.7 Å². The van der Waals surface area contributed by atoms with Crippen LogP contribution in [0.15, 0.2) is 60.7 Å². The minimum Gasteiger partial charge on any atom is -0.497 e. The minimum absolute atomic E-state index is 0.0654. The van der Waals surface area contributed by atoms with E-state index in [1.165, 1.54) is 6.92 Å². The molecule has 0 saturated carbocycles. The molecule has 3 aliphatic rings. The lowest BCUT2D eigenvalue weighted by atomic mass is 9.81. The highest BCUT2D eigenvalue weighted by molar-refractivity contribution is 5.96. The van der Waals surface area contributed by atoms with E-state index >= 15 is 0 Å². The van der Waals surface area contributed by atoms with Crippen LogP contribution in [0.5, 0.6) is 5.75 Å². The lowest BCUT2D eigenvalue weighted by Crippen LogP contribution is -2.60. The summed E-state index contributed by atoms with van der Waals surface area (Å²) in [5.74, 6) is -0.209. The number of nitrogens with one attached hydrogen (secondary N) is 3. The van der Waals surface area contributed by atoms with Crippen molar-refractivity contribution in [1.82, 2.24) is 20.9 Å². The predicted molar refractivity (Wildman–Crippen MR) is 175 cm³/mol. The summed E-state index contributed by atoms with van der Waals surface area (Å²) < 4.78 is 11.8. The summed E-state index contributed by atoms with van der Waals surface area (Å²) in [6, 6.07) is 14.2. The van der Waals surface area contributed by atoms with Crippen molar-refractivity contribution >= 4 is 17.7 Å². The molecule has 1 unspecified atom stereocenters. The van der Waals surface area contributed by atoms with Crippen LogP contribution in [0.2, 0.25) is 0 Å². The third-order valence-electron chi connectivity index (χ3n) is 9.97. The van der Waals surface area contributed by atoms with Gasteiger partial charge in [-0.2, -0.15) is 0 Å². The van der Waals surface area contributed by atoms with Crippen LogP contribution in [0.25, 0.3) is 0 Å². The van der Waals surface area contributed by atoms with Crippen molar-refractivity contribution in [2.45, 2.75) is 88.7 Å². The van der Waals surface area contributed by atoms with Crippen LogP contribution in [0, 0.1) is 5.92 Å². The fraction of sp³-hybridized carbons (Fsp3) is 0.528. The molecule has 7 atom stereocenters. The summed E-state index contributed by atoms with van der Waals surface area (Å²) in [5.41, 5.74) is 2.08. The highest BCUT2D eigenvalue weighted by Crippen LogP contribution is 2.42. The van der Waals surface area contributed by atoms with Gasteiger partial charge in [0.25, 0.3) is 0 Å². The van der Waals surface area contributed by atoms with Crippen LogP contribution in [0.3, 0.4) is 0 Å². The number of rotatable bonds is 7. The predicted octanol–water partition coefficient (Wildman–Crippen LogP) is 3.36. The van der Waals surface area contributed by atoms with Crippen LogP contribution in [0.1, 0.15) is 75.3 Å². The number of amides is 3. The molecule has 0 spiro atoms. The Morgan fingerprint density at radius 2 is 1.96 bits per heavy atom. The summed E-state index contributed by atoms with van der Waals surface area (Å²) in [4.78, 5) is 42.2. The number of aliphatic hydroxyl groups is 1. The molecule has 248 valence electrons. The Hall–Kier alpha value is -3.73. The Kier molecular flexibility index (Phi) is 10.8. The van der Waals surface area contributed by atoms with Crippen molar-refractivity contribution < 1.29 is 29.0 Å². The quantitative estimate of drug-likeness (QED) is 0.345. The molecule has 0 aromatic heterocycles. The monoisotopic (exact) mass is 632 g/mol. The number of carbonyl (C=O) groups excluding carboxylic acids is 3. The van der Waals surface area contributed by atoms with Gasteiger partial charge in [-0.05, 0) is 60.4 Å². The van der Waals surface area contributed by atoms with Gasteiger partial charge in [0.05, 0.1) is 32.0 Å². The number of aliphatic hydroxyl groups excluding tert-OH is 1. The van der Waals surface area contributed by atoms with Crippen molar-refractivity contribution in [2.24, 2.45) is 5.92 Å². The van der Waals surface area contributed by atoms with Crippen molar-refractivity contribution in [3.63, 3.8) is 0 Å². The Morgan fingerprint density at radius 3 is 2.67 bits per heavy atom. The molecule has 10 heteroatoms. The summed E-state index contributed by atoms with van der Waals surface area (Å²) in [7, 11) is 1.64. The van der Waals surface area contributed by atoms with Gasteiger partial charge < -0.3 is 35.4 Å². The molecule has 2 aromatic rings. The molecule has 2 bridgehead atoms. The second-order valence-corrected chi connectivity index (χ2v) is 12.8. The average Bonchev–Trinajstić information content (AvgIpc) is 3.56. The van der Waals surface area contributed by atoms with Crippen molar-refractivity contribution in [2.75, 3.05) is 26.8 Å². The molecule has 3 amide bonds. The zero-order chi connectivity index (χ0) is 32.8. The summed E-state index contributed by atoms with van der Waals surface area (Å²) in [6.07, 6.45) is 5.22. The number of ether oxygens (including phenoxy) is 2. The molecule has 0 radical (unpaired) electrons. The molecule has 1 fully saturated rings. The molecule has 10 nitrogen and oxygen atoms in total. The van der Waals surface area contributed by atoms with E-state index in [1.807, 2.05) is 74.5 Å². The highest BCUT2D eigenvalue weighted by Gasteiger charge is 2.53. The Morgan fingerprint density at radius 1 is 1.17 bits per heavy atom. The van der Waals surface area contributed by atoms with Gasteiger partial charge in [-0.3, -0.25) is 14.4 Å². The maximum Gasteiger partial charge on any atom is 0.249 e. The second kappa shape index (κ2) is 14.8. The topological polar surface area (TPSA) is 129 Å². The number of likely N-dealkylation sites (tertiary alicyclic amines) is 1.